The minimum absolute atomic E-state index is 0.114. The second-order valence-electron chi connectivity index (χ2n) is 9.66. The van der Waals surface area contributed by atoms with Crippen LogP contribution in [0.3, 0.4) is 0 Å². The molecule has 5 aromatic rings. The van der Waals surface area contributed by atoms with Crippen LogP contribution < -0.4 is 5.56 Å². The van der Waals surface area contributed by atoms with Crippen molar-refractivity contribution in [2.45, 2.75) is 45.9 Å². The maximum atomic E-state index is 13.3. The number of rotatable bonds is 7. The van der Waals surface area contributed by atoms with Gasteiger partial charge in [0.2, 0.25) is 0 Å². The molecule has 0 atom stereocenters. The number of aromatic nitrogens is 6. The van der Waals surface area contributed by atoms with Gasteiger partial charge in [-0.2, -0.15) is 10.2 Å². The van der Waals surface area contributed by atoms with Crippen molar-refractivity contribution >= 4 is 51.6 Å². The summed E-state index contributed by atoms with van der Waals surface area (Å²) in [5.74, 6) is 0. The van der Waals surface area contributed by atoms with Crippen LogP contribution in [0.5, 0.6) is 0 Å². The molecule has 0 spiro atoms. The van der Waals surface area contributed by atoms with Gasteiger partial charge in [-0.1, -0.05) is 31.8 Å². The first-order chi connectivity index (χ1) is 15.7. The fourth-order valence-corrected chi connectivity index (χ4v) is 5.82. The predicted molar refractivity (Wildman–Crippen MR) is 136 cm³/mol. The largest absolute Gasteiger partial charge is 0.360 e. The first-order valence-corrected chi connectivity index (χ1v) is 15.6. The van der Waals surface area contributed by atoms with E-state index in [4.69, 9.17) is 4.74 Å². The topological polar surface area (TPSA) is 79.8 Å². The van der Waals surface area contributed by atoms with Crippen molar-refractivity contribution in [1.29, 1.82) is 0 Å². The zero-order valence-corrected chi connectivity index (χ0v) is 21.4. The summed E-state index contributed by atoms with van der Waals surface area (Å²) in [6.45, 7) is 10.6. The smallest absolute Gasteiger partial charge is 0.291 e. The van der Waals surface area contributed by atoms with E-state index >= 15 is 0 Å². The third-order valence-electron chi connectivity index (χ3n) is 5.94. The first-order valence-electron chi connectivity index (χ1n) is 11.1. The minimum atomic E-state index is -1.12. The van der Waals surface area contributed by atoms with Crippen molar-refractivity contribution < 1.29 is 4.74 Å². The summed E-state index contributed by atoms with van der Waals surface area (Å²) in [6.07, 6.45) is 3.63. The van der Waals surface area contributed by atoms with E-state index in [2.05, 4.69) is 34.8 Å². The first kappa shape index (κ1) is 22.0. The number of nitrogens with zero attached hydrogens (tertiary/aromatic N) is 6. The normalized spacial score (nSPS) is 12.5. The van der Waals surface area contributed by atoms with Gasteiger partial charge in [0.1, 0.15) is 12.2 Å². The molecule has 0 radical (unpaired) electrons. The van der Waals surface area contributed by atoms with Crippen LogP contribution in [0, 0.1) is 6.92 Å². The fraction of sp³-hybridized carbons (Fsp3) is 0.391. The monoisotopic (exact) mass is 480 g/mol. The molecule has 5 rings (SSSR count). The van der Waals surface area contributed by atoms with Gasteiger partial charge in [-0.3, -0.25) is 4.79 Å². The third-order valence-corrected chi connectivity index (χ3v) is 8.64. The second-order valence-corrected chi connectivity index (χ2v) is 16.5. The fourth-order valence-electron chi connectivity index (χ4n) is 4.10. The molecule has 10 heteroatoms. The lowest BCUT2D eigenvalue weighted by Crippen LogP contribution is -2.24. The van der Waals surface area contributed by atoms with Crippen molar-refractivity contribution in [2.24, 2.45) is 7.05 Å². The Morgan fingerprint density at radius 3 is 2.64 bits per heavy atom. The Bertz CT molecular complexity index is 1540. The van der Waals surface area contributed by atoms with Gasteiger partial charge in [0.25, 0.3) is 5.56 Å². The van der Waals surface area contributed by atoms with Gasteiger partial charge in [-0.05, 0) is 24.6 Å². The maximum Gasteiger partial charge on any atom is 0.291 e. The Labute approximate surface area is 196 Å². The molecule has 172 valence electrons. The zero-order chi connectivity index (χ0) is 23.3. The van der Waals surface area contributed by atoms with E-state index < -0.39 is 8.07 Å². The number of ether oxygens (including phenoxy) is 1. The Hall–Kier alpha value is -2.82. The Morgan fingerprint density at radius 2 is 1.85 bits per heavy atom. The third kappa shape index (κ3) is 4.02. The summed E-state index contributed by atoms with van der Waals surface area (Å²) < 4.78 is 12.2. The lowest BCUT2D eigenvalue weighted by molar-refractivity contribution is 0.0817. The van der Waals surface area contributed by atoms with E-state index in [0.717, 1.165) is 49.9 Å². The van der Waals surface area contributed by atoms with E-state index in [9.17, 15) is 4.79 Å². The molecule has 0 amide bonds. The van der Waals surface area contributed by atoms with Crippen LogP contribution in [0.4, 0.5) is 0 Å². The Kier molecular flexibility index (Phi) is 5.46. The van der Waals surface area contributed by atoms with E-state index in [1.807, 2.05) is 47.6 Å². The summed E-state index contributed by atoms with van der Waals surface area (Å²) in [6, 6.07) is 7.17. The number of fused-ring (bicyclic) bond motifs is 4. The van der Waals surface area contributed by atoms with E-state index in [-0.39, 0.29) is 5.56 Å². The molecule has 0 fully saturated rings. The molecule has 0 saturated heterocycles. The van der Waals surface area contributed by atoms with Crippen LogP contribution in [0.2, 0.25) is 25.7 Å². The van der Waals surface area contributed by atoms with Gasteiger partial charge in [-0.15, -0.1) is 11.3 Å². The zero-order valence-electron chi connectivity index (χ0n) is 19.6. The lowest BCUT2D eigenvalue weighted by Gasteiger charge is -2.15. The standard InChI is InChI=1S/C23H28N6O2SSi/c1-15-26-22-21(32-15)18-12-24-28(23(30)20(18)27(22)2)13-16-7-6-8-19-17(16)11-25-29(19)14-31-9-10-33(3,4)5/h6-8,11-12H,9-10,13-14H2,1-5H3. The maximum absolute atomic E-state index is 13.3. The lowest BCUT2D eigenvalue weighted by atomic mass is 10.1. The highest BCUT2D eigenvalue weighted by molar-refractivity contribution is 7.19. The molecule has 33 heavy (non-hydrogen) atoms. The summed E-state index contributed by atoms with van der Waals surface area (Å²) >= 11 is 1.59. The van der Waals surface area contributed by atoms with Crippen molar-refractivity contribution in [3.8, 4) is 0 Å². The molecule has 0 saturated carbocycles. The molecule has 4 heterocycles. The van der Waals surface area contributed by atoms with Crippen LogP contribution in [0.1, 0.15) is 10.6 Å². The minimum Gasteiger partial charge on any atom is -0.360 e. The average molecular weight is 481 g/mol. The van der Waals surface area contributed by atoms with Crippen molar-refractivity contribution in [2.75, 3.05) is 6.61 Å². The van der Waals surface area contributed by atoms with Crippen LogP contribution in [0.25, 0.3) is 32.2 Å². The molecule has 0 N–H and O–H groups in total. The summed E-state index contributed by atoms with van der Waals surface area (Å²) in [5.41, 5.74) is 3.35. The molecule has 1 aromatic carbocycles. The molecule has 8 nitrogen and oxygen atoms in total. The van der Waals surface area contributed by atoms with Gasteiger partial charge in [-0.25, -0.2) is 14.3 Å². The van der Waals surface area contributed by atoms with Crippen LogP contribution in [-0.4, -0.2) is 43.8 Å². The molecule has 0 unspecified atom stereocenters. The number of thiazole rings is 1. The average Bonchev–Trinajstić information content (AvgIpc) is 3.41. The number of benzene rings is 1. The molecule has 0 aliphatic heterocycles. The van der Waals surface area contributed by atoms with Gasteiger partial charge in [0, 0.05) is 32.5 Å². The van der Waals surface area contributed by atoms with E-state index in [1.165, 1.54) is 4.68 Å². The quantitative estimate of drug-likeness (QED) is 0.255. The highest BCUT2D eigenvalue weighted by atomic mass is 32.1. The number of hydrogen-bond acceptors (Lipinski definition) is 6. The highest BCUT2D eigenvalue weighted by Gasteiger charge is 2.18. The second kappa shape index (κ2) is 8.19. The predicted octanol–water partition coefficient (Wildman–Crippen LogP) is 4.36. The summed E-state index contributed by atoms with van der Waals surface area (Å²) in [7, 11) is 0.769. The van der Waals surface area contributed by atoms with E-state index in [1.54, 1.807) is 17.5 Å². The van der Waals surface area contributed by atoms with Crippen LogP contribution in [-0.2, 0) is 25.1 Å². The molecule has 0 aliphatic rings. The van der Waals surface area contributed by atoms with Gasteiger partial charge < -0.3 is 9.30 Å². The van der Waals surface area contributed by atoms with Crippen molar-refractivity contribution in [1.82, 2.24) is 29.1 Å². The summed E-state index contributed by atoms with van der Waals surface area (Å²) in [5, 5.41) is 11.9. The summed E-state index contributed by atoms with van der Waals surface area (Å²) in [4.78, 5) is 17.9. The highest BCUT2D eigenvalue weighted by Crippen LogP contribution is 2.30. The van der Waals surface area contributed by atoms with Gasteiger partial charge in [0.15, 0.2) is 5.65 Å². The Morgan fingerprint density at radius 1 is 1.09 bits per heavy atom. The number of aryl methyl sites for hydroxylation is 2. The van der Waals surface area contributed by atoms with Crippen LogP contribution in [0.15, 0.2) is 35.4 Å². The van der Waals surface area contributed by atoms with Crippen molar-refractivity contribution in [3.63, 3.8) is 0 Å². The molecular weight excluding hydrogens is 452 g/mol. The molecule has 4 aromatic heterocycles. The van der Waals surface area contributed by atoms with E-state index in [0.29, 0.717) is 18.8 Å². The van der Waals surface area contributed by atoms with Gasteiger partial charge in [0.05, 0.1) is 34.2 Å². The molecule has 0 aliphatic carbocycles. The SMILES string of the molecule is Cc1nc2c(s1)c1cnn(Cc3cccc4c3cnn4COCC[Si](C)(C)C)c(=O)c1n2C. The number of hydrogen-bond donors (Lipinski definition) is 0. The Balaban J connectivity index is 1.44. The molecular formula is C23H28N6O2SSi. The van der Waals surface area contributed by atoms with Crippen LogP contribution >= 0.6 is 11.3 Å². The van der Waals surface area contributed by atoms with Gasteiger partial charge >= 0.3 is 0 Å². The van der Waals surface area contributed by atoms with Crippen molar-refractivity contribution in [3.05, 3.63) is 51.5 Å². The molecule has 0 bridgehead atoms.